The number of carboxylic acid groups (broad SMARTS) is 1. The topological polar surface area (TPSA) is 78.4 Å². The van der Waals surface area contributed by atoms with Gasteiger partial charge < -0.3 is 15.7 Å². The monoisotopic (exact) mass is 228 g/mol. The summed E-state index contributed by atoms with van der Waals surface area (Å²) >= 11 is 0. The first kappa shape index (κ1) is 12.8. The third kappa shape index (κ3) is 4.08. The van der Waals surface area contributed by atoms with E-state index < -0.39 is 6.09 Å². The zero-order valence-corrected chi connectivity index (χ0v) is 9.66. The smallest absolute Gasteiger partial charge is 0.404 e. The molecule has 0 aromatic carbocycles. The van der Waals surface area contributed by atoms with Crippen LogP contribution in [0.2, 0.25) is 0 Å². The van der Waals surface area contributed by atoms with Gasteiger partial charge in [-0.2, -0.15) is 0 Å². The lowest BCUT2D eigenvalue weighted by Crippen LogP contribution is -2.40. The summed E-state index contributed by atoms with van der Waals surface area (Å²) in [6.07, 6.45) is 3.05. The summed E-state index contributed by atoms with van der Waals surface area (Å²) in [7, 11) is 0. The fourth-order valence-corrected chi connectivity index (χ4v) is 2.07. The van der Waals surface area contributed by atoms with E-state index in [2.05, 4.69) is 10.6 Å². The van der Waals surface area contributed by atoms with Crippen LogP contribution in [0.25, 0.3) is 0 Å². The average Bonchev–Trinajstić information content (AvgIpc) is 2.26. The van der Waals surface area contributed by atoms with E-state index in [-0.39, 0.29) is 17.9 Å². The Bertz CT molecular complexity index is 248. The molecule has 0 bridgehead atoms. The van der Waals surface area contributed by atoms with Crippen molar-refractivity contribution in [2.75, 3.05) is 6.54 Å². The first-order valence-corrected chi connectivity index (χ1v) is 5.90. The molecule has 1 aliphatic rings. The van der Waals surface area contributed by atoms with Gasteiger partial charge in [-0.15, -0.1) is 0 Å². The predicted molar refractivity (Wildman–Crippen MR) is 60.2 cm³/mol. The summed E-state index contributed by atoms with van der Waals surface area (Å²) in [6, 6.07) is 0.0210. The van der Waals surface area contributed by atoms with Crippen molar-refractivity contribution in [3.63, 3.8) is 0 Å². The van der Waals surface area contributed by atoms with Crippen molar-refractivity contribution in [3.8, 4) is 0 Å². The number of carbonyl (C=O) groups is 2. The van der Waals surface area contributed by atoms with E-state index in [1.54, 1.807) is 0 Å². The molecule has 16 heavy (non-hydrogen) atoms. The molecule has 1 aliphatic carbocycles. The van der Waals surface area contributed by atoms with Gasteiger partial charge in [-0.05, 0) is 32.1 Å². The van der Waals surface area contributed by atoms with E-state index in [0.717, 1.165) is 38.6 Å². The molecule has 0 aromatic rings. The zero-order valence-electron chi connectivity index (χ0n) is 9.66. The van der Waals surface area contributed by atoms with Crippen molar-refractivity contribution in [2.24, 2.45) is 5.92 Å². The zero-order chi connectivity index (χ0) is 12.0. The van der Waals surface area contributed by atoms with Crippen molar-refractivity contribution in [2.45, 2.75) is 45.1 Å². The van der Waals surface area contributed by atoms with Crippen molar-refractivity contribution in [1.82, 2.24) is 10.6 Å². The second-order valence-electron chi connectivity index (χ2n) is 4.29. The van der Waals surface area contributed by atoms with Crippen molar-refractivity contribution < 1.29 is 14.7 Å². The predicted octanol–water partition coefficient (Wildman–Crippen LogP) is 1.34. The molecule has 0 aromatic heterocycles. The highest BCUT2D eigenvalue weighted by Crippen LogP contribution is 2.24. The van der Waals surface area contributed by atoms with Crippen LogP contribution in [0.15, 0.2) is 0 Å². The number of rotatable bonds is 4. The average molecular weight is 228 g/mol. The van der Waals surface area contributed by atoms with Gasteiger partial charge in [0.25, 0.3) is 0 Å². The van der Waals surface area contributed by atoms with Crippen LogP contribution < -0.4 is 10.6 Å². The third-order valence-electron chi connectivity index (χ3n) is 2.97. The van der Waals surface area contributed by atoms with Gasteiger partial charge in [-0.1, -0.05) is 6.92 Å². The molecule has 5 nitrogen and oxygen atoms in total. The molecule has 1 saturated carbocycles. The minimum Gasteiger partial charge on any atom is -0.465 e. The molecule has 0 unspecified atom stereocenters. The molecule has 2 amide bonds. The van der Waals surface area contributed by atoms with Gasteiger partial charge in [-0.25, -0.2) is 4.79 Å². The standard InChI is InChI=1S/C11H20N2O3/c1-2-7-12-10(14)8-3-5-9(6-4-8)13-11(15)16/h8-9,13H,2-7H2,1H3,(H,12,14)(H,15,16)/t8-,9+. The first-order chi connectivity index (χ1) is 7.63. The van der Waals surface area contributed by atoms with Gasteiger partial charge in [0.05, 0.1) is 0 Å². The van der Waals surface area contributed by atoms with Gasteiger partial charge in [0.15, 0.2) is 0 Å². The highest BCUT2D eigenvalue weighted by atomic mass is 16.4. The van der Waals surface area contributed by atoms with Crippen LogP contribution in [0.3, 0.4) is 0 Å². The molecular weight excluding hydrogens is 208 g/mol. The maximum Gasteiger partial charge on any atom is 0.404 e. The number of amides is 2. The van der Waals surface area contributed by atoms with Crippen LogP contribution in [-0.4, -0.2) is 29.7 Å². The Morgan fingerprint density at radius 2 is 1.88 bits per heavy atom. The molecule has 0 heterocycles. The summed E-state index contributed by atoms with van der Waals surface area (Å²) in [5.74, 6) is 0.189. The van der Waals surface area contributed by atoms with E-state index in [0.29, 0.717) is 0 Å². The minimum atomic E-state index is -0.973. The highest BCUT2D eigenvalue weighted by Gasteiger charge is 2.26. The number of carbonyl (C=O) groups excluding carboxylic acids is 1. The number of hydrogen-bond acceptors (Lipinski definition) is 2. The summed E-state index contributed by atoms with van der Waals surface area (Å²) < 4.78 is 0. The van der Waals surface area contributed by atoms with Gasteiger partial charge in [0, 0.05) is 18.5 Å². The Kier molecular flexibility index (Phi) is 5.08. The van der Waals surface area contributed by atoms with Crippen molar-refractivity contribution in [3.05, 3.63) is 0 Å². The maximum atomic E-state index is 11.6. The van der Waals surface area contributed by atoms with E-state index in [9.17, 15) is 9.59 Å². The minimum absolute atomic E-state index is 0.0210. The molecule has 0 atom stereocenters. The molecule has 0 saturated heterocycles. The molecule has 3 N–H and O–H groups in total. The second-order valence-corrected chi connectivity index (χ2v) is 4.29. The lowest BCUT2D eigenvalue weighted by molar-refractivity contribution is -0.126. The highest BCUT2D eigenvalue weighted by molar-refractivity contribution is 5.78. The maximum absolute atomic E-state index is 11.6. The number of nitrogens with one attached hydrogen (secondary N) is 2. The number of hydrogen-bond donors (Lipinski definition) is 3. The van der Waals surface area contributed by atoms with E-state index in [1.165, 1.54) is 0 Å². The molecule has 0 spiro atoms. The van der Waals surface area contributed by atoms with Crippen LogP contribution >= 0.6 is 0 Å². The summed E-state index contributed by atoms with van der Waals surface area (Å²) in [6.45, 7) is 2.75. The fraction of sp³-hybridized carbons (Fsp3) is 0.818. The van der Waals surface area contributed by atoms with Crippen LogP contribution in [0, 0.1) is 5.92 Å². The van der Waals surface area contributed by atoms with E-state index >= 15 is 0 Å². The van der Waals surface area contributed by atoms with E-state index in [4.69, 9.17) is 5.11 Å². The summed E-state index contributed by atoms with van der Waals surface area (Å²) in [5, 5.41) is 13.9. The first-order valence-electron chi connectivity index (χ1n) is 5.90. The Labute approximate surface area is 95.6 Å². The lowest BCUT2D eigenvalue weighted by Gasteiger charge is -2.27. The molecule has 0 aliphatic heterocycles. The molecule has 1 rings (SSSR count). The normalized spacial score (nSPS) is 24.8. The Balaban J connectivity index is 2.25. The summed E-state index contributed by atoms with van der Waals surface area (Å²) in [4.78, 5) is 22.1. The third-order valence-corrected chi connectivity index (χ3v) is 2.97. The van der Waals surface area contributed by atoms with Crippen LogP contribution in [0.1, 0.15) is 39.0 Å². The van der Waals surface area contributed by atoms with Crippen LogP contribution in [-0.2, 0) is 4.79 Å². The van der Waals surface area contributed by atoms with Crippen LogP contribution in [0.5, 0.6) is 0 Å². The second kappa shape index (κ2) is 6.35. The largest absolute Gasteiger partial charge is 0.465 e. The quantitative estimate of drug-likeness (QED) is 0.679. The van der Waals surface area contributed by atoms with Gasteiger partial charge in [-0.3, -0.25) is 4.79 Å². The molecule has 0 radical (unpaired) electrons. The molecule has 92 valence electrons. The van der Waals surface area contributed by atoms with Gasteiger partial charge in [0.1, 0.15) is 0 Å². The summed E-state index contributed by atoms with van der Waals surface area (Å²) in [5.41, 5.74) is 0. The van der Waals surface area contributed by atoms with Crippen molar-refractivity contribution in [1.29, 1.82) is 0 Å². The Morgan fingerprint density at radius 1 is 1.25 bits per heavy atom. The van der Waals surface area contributed by atoms with E-state index in [1.807, 2.05) is 6.92 Å². The molecule has 1 fully saturated rings. The molecular formula is C11H20N2O3. The lowest BCUT2D eigenvalue weighted by atomic mass is 9.85. The van der Waals surface area contributed by atoms with Crippen LogP contribution in [0.4, 0.5) is 4.79 Å². The molecule has 5 heteroatoms. The van der Waals surface area contributed by atoms with Gasteiger partial charge >= 0.3 is 6.09 Å². The Morgan fingerprint density at radius 3 is 2.38 bits per heavy atom. The SMILES string of the molecule is CCCNC(=O)[C@H]1CC[C@@H](NC(=O)O)CC1. The Hall–Kier alpha value is -1.26. The fourth-order valence-electron chi connectivity index (χ4n) is 2.07. The van der Waals surface area contributed by atoms with Gasteiger partial charge in [0.2, 0.25) is 5.91 Å². The van der Waals surface area contributed by atoms with Crippen molar-refractivity contribution >= 4 is 12.0 Å².